The summed E-state index contributed by atoms with van der Waals surface area (Å²) in [5.74, 6) is -1.08. The fourth-order valence-corrected chi connectivity index (χ4v) is 4.76. The number of thioether (sulfide) groups is 1. The molecule has 32 heavy (non-hydrogen) atoms. The van der Waals surface area contributed by atoms with Crippen molar-refractivity contribution in [2.45, 2.75) is 23.3 Å². The zero-order valence-electron chi connectivity index (χ0n) is 17.4. The van der Waals surface area contributed by atoms with Crippen molar-refractivity contribution >= 4 is 52.6 Å². The summed E-state index contributed by atoms with van der Waals surface area (Å²) in [6.45, 7) is 0. The number of rotatable bonds is 10. The summed E-state index contributed by atoms with van der Waals surface area (Å²) >= 11 is 12.5. The van der Waals surface area contributed by atoms with Crippen molar-refractivity contribution in [2.75, 3.05) is 26.6 Å². The minimum Gasteiger partial charge on any atom is -0.493 e. The Labute approximate surface area is 198 Å². The Hall–Kier alpha value is -2.17. The number of nitrogens with one attached hydrogen (secondary N) is 1. The van der Waals surface area contributed by atoms with Crippen molar-refractivity contribution in [1.82, 2.24) is 0 Å². The fraction of sp³-hybridized carbons (Fsp3) is 0.333. The molecule has 0 heterocycles. The first-order valence-corrected chi connectivity index (χ1v) is 11.0. The van der Waals surface area contributed by atoms with E-state index in [1.54, 1.807) is 31.3 Å². The maximum atomic E-state index is 13.3. The third kappa shape index (κ3) is 6.91. The number of para-hydroxylation sites is 1. The summed E-state index contributed by atoms with van der Waals surface area (Å²) < 4.78 is 54.0. The van der Waals surface area contributed by atoms with E-state index in [9.17, 15) is 18.0 Å². The Morgan fingerprint density at radius 2 is 1.97 bits per heavy atom. The van der Waals surface area contributed by atoms with Crippen LogP contribution < -0.4 is 14.8 Å². The molecule has 2 atom stereocenters. The number of thiocarbonyl (C=S) groups is 1. The number of esters is 1. The molecule has 0 aliphatic carbocycles. The lowest BCUT2D eigenvalue weighted by Crippen LogP contribution is -2.20. The second kappa shape index (κ2) is 11.6. The summed E-state index contributed by atoms with van der Waals surface area (Å²) in [5.41, 5.74) is 1.39. The van der Waals surface area contributed by atoms with E-state index in [-0.39, 0.29) is 17.7 Å². The van der Waals surface area contributed by atoms with Gasteiger partial charge in [0.2, 0.25) is 0 Å². The van der Waals surface area contributed by atoms with Gasteiger partial charge in [0, 0.05) is 28.6 Å². The molecule has 0 aliphatic rings. The van der Waals surface area contributed by atoms with Crippen LogP contribution in [-0.2, 0) is 9.53 Å². The Kier molecular flexibility index (Phi) is 9.47. The van der Waals surface area contributed by atoms with Gasteiger partial charge in [0.1, 0.15) is 0 Å². The number of benzene rings is 2. The van der Waals surface area contributed by atoms with Gasteiger partial charge in [0.25, 0.3) is 0 Å². The second-order valence-electron chi connectivity index (χ2n) is 6.38. The molecule has 174 valence electrons. The second-order valence-corrected chi connectivity index (χ2v) is 8.44. The highest BCUT2D eigenvalue weighted by atomic mass is 35.5. The van der Waals surface area contributed by atoms with Crippen LogP contribution in [0.3, 0.4) is 0 Å². The van der Waals surface area contributed by atoms with Gasteiger partial charge >= 0.3 is 12.3 Å². The van der Waals surface area contributed by atoms with Crippen molar-refractivity contribution in [3.8, 4) is 11.5 Å². The molecule has 0 bridgehead atoms. The summed E-state index contributed by atoms with van der Waals surface area (Å²) in [6.07, 6.45) is -5.01. The predicted octanol–water partition coefficient (Wildman–Crippen LogP) is 6.04. The number of anilines is 1. The van der Waals surface area contributed by atoms with Gasteiger partial charge in [-0.15, -0.1) is 24.9 Å². The maximum absolute atomic E-state index is 13.3. The third-order valence-corrected chi connectivity index (χ3v) is 6.52. The van der Waals surface area contributed by atoms with E-state index in [0.717, 1.165) is 0 Å². The first-order chi connectivity index (χ1) is 15.1. The SMILES string of the molecule is CNc1ccc(Cl)cc1[C@H](S[C@@H](C=S)CC(=O)OC)c1cccc(OC)c1OC(F)(F)F. The lowest BCUT2D eigenvalue weighted by molar-refractivity contribution is -0.275. The summed E-state index contributed by atoms with van der Waals surface area (Å²) in [6, 6.07) is 9.43. The zero-order valence-corrected chi connectivity index (χ0v) is 19.8. The van der Waals surface area contributed by atoms with Gasteiger partial charge in [0.05, 0.1) is 25.9 Å². The number of methoxy groups -OCH3 is 2. The molecule has 0 unspecified atom stereocenters. The van der Waals surface area contributed by atoms with E-state index in [0.29, 0.717) is 16.3 Å². The largest absolute Gasteiger partial charge is 0.573 e. The van der Waals surface area contributed by atoms with Crippen LogP contribution in [0.5, 0.6) is 11.5 Å². The Morgan fingerprint density at radius 3 is 2.53 bits per heavy atom. The third-order valence-electron chi connectivity index (χ3n) is 4.35. The number of halogens is 4. The Morgan fingerprint density at radius 1 is 1.25 bits per heavy atom. The van der Waals surface area contributed by atoms with Crippen LogP contribution in [0, 0.1) is 0 Å². The molecule has 0 fully saturated rings. The minimum atomic E-state index is -4.95. The highest BCUT2D eigenvalue weighted by molar-refractivity contribution is 8.01. The van der Waals surface area contributed by atoms with Gasteiger partial charge < -0.3 is 19.5 Å². The van der Waals surface area contributed by atoms with E-state index in [2.05, 4.69) is 10.1 Å². The standard InChI is InChI=1S/C21H21ClF3NO4S2/c1-26-16-8-7-12(22)9-15(16)20(32-13(11-31)10-18(27)29-3)14-5-4-6-17(28-2)19(14)30-21(23,24)25/h4-9,11,13,20,26H,10H2,1-3H3/t13-,20-/m1/s1. The summed E-state index contributed by atoms with van der Waals surface area (Å²) in [7, 11) is 4.18. The molecule has 0 saturated carbocycles. The van der Waals surface area contributed by atoms with Gasteiger partial charge in [-0.25, -0.2) is 0 Å². The molecule has 0 aliphatic heterocycles. The van der Waals surface area contributed by atoms with Gasteiger partial charge in [-0.05, 0) is 35.2 Å². The van der Waals surface area contributed by atoms with E-state index in [1.165, 1.54) is 43.5 Å². The van der Waals surface area contributed by atoms with Crippen molar-refractivity contribution in [1.29, 1.82) is 0 Å². The van der Waals surface area contributed by atoms with Gasteiger partial charge in [-0.1, -0.05) is 36.0 Å². The van der Waals surface area contributed by atoms with Crippen molar-refractivity contribution in [2.24, 2.45) is 0 Å². The molecular weight excluding hydrogens is 487 g/mol. The van der Waals surface area contributed by atoms with E-state index in [4.69, 9.17) is 33.3 Å². The van der Waals surface area contributed by atoms with Crippen LogP contribution >= 0.6 is 35.6 Å². The quantitative estimate of drug-likeness (QED) is 0.310. The molecule has 5 nitrogen and oxygen atoms in total. The molecule has 0 amide bonds. The average Bonchev–Trinajstić information content (AvgIpc) is 2.75. The van der Waals surface area contributed by atoms with E-state index < -0.39 is 28.6 Å². The molecule has 11 heteroatoms. The van der Waals surface area contributed by atoms with Crippen LogP contribution in [0.25, 0.3) is 0 Å². The molecule has 2 aromatic carbocycles. The van der Waals surface area contributed by atoms with Gasteiger partial charge in [-0.3, -0.25) is 4.79 Å². The number of alkyl halides is 3. The van der Waals surface area contributed by atoms with Gasteiger partial charge in [-0.2, -0.15) is 0 Å². The number of carbonyl (C=O) groups excluding carboxylic acids is 1. The molecule has 2 rings (SSSR count). The molecule has 0 radical (unpaired) electrons. The Bertz CT molecular complexity index is 959. The Balaban J connectivity index is 2.71. The highest BCUT2D eigenvalue weighted by Crippen LogP contribution is 2.49. The topological polar surface area (TPSA) is 56.8 Å². The van der Waals surface area contributed by atoms with Crippen molar-refractivity contribution in [3.05, 3.63) is 52.5 Å². The molecule has 1 N–H and O–H groups in total. The molecule has 0 saturated heterocycles. The first kappa shape index (κ1) is 26.1. The molecule has 0 spiro atoms. The first-order valence-electron chi connectivity index (χ1n) is 9.20. The number of carbonyl (C=O) groups is 1. The fourth-order valence-electron chi connectivity index (χ4n) is 2.97. The molecule has 2 aromatic rings. The van der Waals surface area contributed by atoms with Crippen LogP contribution in [0.1, 0.15) is 22.8 Å². The van der Waals surface area contributed by atoms with Crippen LogP contribution in [-0.4, -0.2) is 44.2 Å². The van der Waals surface area contributed by atoms with E-state index >= 15 is 0 Å². The summed E-state index contributed by atoms with van der Waals surface area (Å²) in [5, 5.41) is 3.49. The number of ether oxygens (including phenoxy) is 3. The van der Waals surface area contributed by atoms with Crippen LogP contribution in [0.15, 0.2) is 36.4 Å². The summed E-state index contributed by atoms with van der Waals surface area (Å²) in [4.78, 5) is 11.8. The monoisotopic (exact) mass is 507 g/mol. The minimum absolute atomic E-state index is 0.0595. The predicted molar refractivity (Wildman–Crippen MR) is 124 cm³/mol. The zero-order chi connectivity index (χ0) is 23.9. The van der Waals surface area contributed by atoms with E-state index in [1.807, 2.05) is 0 Å². The lowest BCUT2D eigenvalue weighted by Gasteiger charge is -2.26. The van der Waals surface area contributed by atoms with Crippen molar-refractivity contribution < 1.29 is 32.2 Å². The van der Waals surface area contributed by atoms with Crippen LogP contribution in [0.2, 0.25) is 5.02 Å². The molecular formula is C21H21ClF3NO4S2. The number of hydrogen-bond acceptors (Lipinski definition) is 7. The highest BCUT2D eigenvalue weighted by Gasteiger charge is 2.36. The maximum Gasteiger partial charge on any atom is 0.573 e. The normalized spacial score (nSPS) is 13.1. The van der Waals surface area contributed by atoms with Crippen molar-refractivity contribution in [3.63, 3.8) is 0 Å². The van der Waals surface area contributed by atoms with Crippen LogP contribution in [0.4, 0.5) is 18.9 Å². The lowest BCUT2D eigenvalue weighted by atomic mass is 10.0. The number of hydrogen-bond donors (Lipinski definition) is 1. The van der Waals surface area contributed by atoms with Gasteiger partial charge in [0.15, 0.2) is 11.5 Å². The smallest absolute Gasteiger partial charge is 0.493 e. The molecule has 0 aromatic heterocycles. The average molecular weight is 508 g/mol.